The molecule has 4 aromatic rings. The summed E-state index contributed by atoms with van der Waals surface area (Å²) < 4.78 is 7.22. The molecule has 0 fully saturated rings. The van der Waals surface area contributed by atoms with Gasteiger partial charge in [0.05, 0.1) is 6.54 Å². The standard InChI is InChI=1S/C22H18N2O3/c25-20-11-16(22(26)24(20)13-14-5-2-1-3-6-14)17-12-23-18-8-9-19-15(21(17)18)7-4-10-27-19/h1-9,11-12,23,25-26H,10,13H2. The number of aromatic nitrogens is 2. The van der Waals surface area contributed by atoms with Gasteiger partial charge in [-0.2, -0.15) is 0 Å². The fourth-order valence-electron chi connectivity index (χ4n) is 3.69. The summed E-state index contributed by atoms with van der Waals surface area (Å²) in [6, 6.07) is 15.3. The Labute approximate surface area is 155 Å². The molecule has 2 aromatic heterocycles. The normalized spacial score (nSPS) is 12.9. The highest BCUT2D eigenvalue weighted by atomic mass is 16.5. The van der Waals surface area contributed by atoms with Crippen LogP contribution in [0.5, 0.6) is 17.5 Å². The van der Waals surface area contributed by atoms with Crippen molar-refractivity contribution in [3.05, 3.63) is 71.9 Å². The van der Waals surface area contributed by atoms with Gasteiger partial charge < -0.3 is 19.9 Å². The van der Waals surface area contributed by atoms with Gasteiger partial charge in [0.25, 0.3) is 0 Å². The Hall–Kier alpha value is -3.60. The Morgan fingerprint density at radius 3 is 2.74 bits per heavy atom. The molecule has 0 radical (unpaired) electrons. The van der Waals surface area contributed by atoms with Gasteiger partial charge in [0.15, 0.2) is 5.88 Å². The number of fused-ring (bicyclic) bond motifs is 3. The number of hydrogen-bond donors (Lipinski definition) is 3. The zero-order valence-corrected chi connectivity index (χ0v) is 14.5. The minimum absolute atomic E-state index is 0.0253. The number of aromatic amines is 1. The first-order valence-corrected chi connectivity index (χ1v) is 8.81. The van der Waals surface area contributed by atoms with Gasteiger partial charge in [-0.05, 0) is 23.8 Å². The molecule has 0 amide bonds. The fraction of sp³-hybridized carbons (Fsp3) is 0.0909. The molecule has 3 N–H and O–H groups in total. The van der Waals surface area contributed by atoms with Crippen LogP contribution >= 0.6 is 0 Å². The topological polar surface area (TPSA) is 70.4 Å². The molecule has 0 saturated carbocycles. The molecule has 0 atom stereocenters. The first kappa shape index (κ1) is 15.6. The summed E-state index contributed by atoms with van der Waals surface area (Å²) in [4.78, 5) is 3.25. The van der Waals surface area contributed by atoms with Crippen molar-refractivity contribution in [3.63, 3.8) is 0 Å². The Morgan fingerprint density at radius 2 is 1.89 bits per heavy atom. The van der Waals surface area contributed by atoms with Crippen molar-refractivity contribution in [2.75, 3.05) is 6.61 Å². The lowest BCUT2D eigenvalue weighted by atomic mass is 10.0. The minimum Gasteiger partial charge on any atom is -0.494 e. The zero-order valence-electron chi connectivity index (χ0n) is 14.5. The smallest absolute Gasteiger partial charge is 0.202 e. The third kappa shape index (κ3) is 2.47. The second-order valence-electron chi connectivity index (χ2n) is 6.63. The predicted molar refractivity (Wildman–Crippen MR) is 105 cm³/mol. The molecule has 0 aliphatic carbocycles. The Kier molecular flexibility index (Phi) is 3.47. The Morgan fingerprint density at radius 1 is 1.04 bits per heavy atom. The SMILES string of the molecule is Oc1cc(-c2c[nH]c3ccc4c(c23)C=CCO4)c(O)n1Cc1ccccc1. The highest BCUT2D eigenvalue weighted by Crippen LogP contribution is 2.43. The number of hydrogen-bond acceptors (Lipinski definition) is 3. The molecule has 0 saturated heterocycles. The molecule has 0 spiro atoms. The van der Waals surface area contributed by atoms with Crippen molar-refractivity contribution >= 4 is 17.0 Å². The van der Waals surface area contributed by atoms with Crippen LogP contribution in [0.3, 0.4) is 0 Å². The van der Waals surface area contributed by atoms with E-state index in [0.29, 0.717) is 18.7 Å². The van der Waals surface area contributed by atoms with Crippen LogP contribution < -0.4 is 4.74 Å². The first-order valence-electron chi connectivity index (χ1n) is 8.81. The number of aromatic hydroxyl groups is 2. The first-order chi connectivity index (χ1) is 13.2. The van der Waals surface area contributed by atoms with Crippen molar-refractivity contribution in [3.8, 4) is 28.6 Å². The number of benzene rings is 2. The predicted octanol–water partition coefficient (Wildman–Crippen LogP) is 4.50. The lowest BCUT2D eigenvalue weighted by molar-refractivity contribution is 0.359. The third-order valence-corrected chi connectivity index (χ3v) is 4.99. The van der Waals surface area contributed by atoms with Crippen molar-refractivity contribution < 1.29 is 14.9 Å². The summed E-state index contributed by atoms with van der Waals surface area (Å²) in [5.74, 6) is 0.881. The molecule has 0 bridgehead atoms. The molecule has 0 unspecified atom stereocenters. The van der Waals surface area contributed by atoms with Crippen molar-refractivity contribution in [1.82, 2.24) is 9.55 Å². The number of nitrogens with zero attached hydrogens (tertiary/aromatic N) is 1. The number of nitrogens with one attached hydrogen (secondary N) is 1. The summed E-state index contributed by atoms with van der Waals surface area (Å²) >= 11 is 0. The second-order valence-corrected chi connectivity index (χ2v) is 6.63. The quantitative estimate of drug-likeness (QED) is 0.505. The van der Waals surface area contributed by atoms with Gasteiger partial charge in [0, 0.05) is 39.9 Å². The van der Waals surface area contributed by atoms with Crippen LogP contribution in [0.15, 0.2) is 60.8 Å². The molecule has 1 aliphatic rings. The van der Waals surface area contributed by atoms with Crippen LogP contribution in [0.25, 0.3) is 28.1 Å². The minimum atomic E-state index is 0.0253. The maximum absolute atomic E-state index is 10.8. The van der Waals surface area contributed by atoms with E-state index < -0.39 is 0 Å². The number of rotatable bonds is 3. The van der Waals surface area contributed by atoms with E-state index in [1.165, 1.54) is 4.57 Å². The zero-order chi connectivity index (χ0) is 18.4. The Balaban J connectivity index is 1.66. The molecule has 5 nitrogen and oxygen atoms in total. The van der Waals surface area contributed by atoms with E-state index in [-0.39, 0.29) is 11.8 Å². The van der Waals surface area contributed by atoms with Gasteiger partial charge in [0.1, 0.15) is 12.4 Å². The summed E-state index contributed by atoms with van der Waals surface area (Å²) in [5, 5.41) is 22.3. The largest absolute Gasteiger partial charge is 0.494 e. The third-order valence-electron chi connectivity index (χ3n) is 4.99. The van der Waals surface area contributed by atoms with Gasteiger partial charge in [-0.25, -0.2) is 0 Å². The number of ether oxygens (including phenoxy) is 1. The van der Waals surface area contributed by atoms with Crippen LogP contribution in [0.2, 0.25) is 0 Å². The average molecular weight is 358 g/mol. The van der Waals surface area contributed by atoms with E-state index in [1.807, 2.05) is 60.8 Å². The number of H-pyrrole nitrogens is 1. The molecule has 2 aromatic carbocycles. The molecule has 5 rings (SSSR count). The van der Waals surface area contributed by atoms with Gasteiger partial charge >= 0.3 is 0 Å². The van der Waals surface area contributed by atoms with E-state index in [4.69, 9.17) is 4.74 Å². The summed E-state index contributed by atoms with van der Waals surface area (Å²) in [7, 11) is 0. The van der Waals surface area contributed by atoms with Crippen LogP contribution in [0, 0.1) is 0 Å². The van der Waals surface area contributed by atoms with Crippen molar-refractivity contribution in [2.24, 2.45) is 0 Å². The molecule has 3 heterocycles. The molecule has 5 heteroatoms. The fourth-order valence-corrected chi connectivity index (χ4v) is 3.69. The van der Waals surface area contributed by atoms with Crippen molar-refractivity contribution in [2.45, 2.75) is 6.54 Å². The maximum Gasteiger partial charge on any atom is 0.202 e. The molecule has 1 aliphatic heterocycles. The summed E-state index contributed by atoms with van der Waals surface area (Å²) in [6.07, 6.45) is 5.86. The van der Waals surface area contributed by atoms with E-state index in [0.717, 1.165) is 33.3 Å². The van der Waals surface area contributed by atoms with Crippen molar-refractivity contribution in [1.29, 1.82) is 0 Å². The lowest BCUT2D eigenvalue weighted by Gasteiger charge is -2.14. The van der Waals surface area contributed by atoms with E-state index in [2.05, 4.69) is 4.98 Å². The van der Waals surface area contributed by atoms with E-state index in [9.17, 15) is 10.2 Å². The van der Waals surface area contributed by atoms with Gasteiger partial charge in [0.2, 0.25) is 5.88 Å². The van der Waals surface area contributed by atoms with Crippen LogP contribution in [-0.2, 0) is 6.54 Å². The molecular formula is C22H18N2O3. The summed E-state index contributed by atoms with van der Waals surface area (Å²) in [6.45, 7) is 0.944. The average Bonchev–Trinajstić information content (AvgIpc) is 3.25. The van der Waals surface area contributed by atoms with E-state index >= 15 is 0 Å². The van der Waals surface area contributed by atoms with Crippen LogP contribution in [-0.4, -0.2) is 26.4 Å². The lowest BCUT2D eigenvalue weighted by Crippen LogP contribution is -2.00. The van der Waals surface area contributed by atoms with E-state index in [1.54, 1.807) is 6.07 Å². The van der Waals surface area contributed by atoms with Gasteiger partial charge in [-0.15, -0.1) is 0 Å². The monoisotopic (exact) mass is 358 g/mol. The maximum atomic E-state index is 10.8. The highest BCUT2D eigenvalue weighted by Gasteiger charge is 2.21. The molecular weight excluding hydrogens is 340 g/mol. The Bertz CT molecular complexity index is 1170. The van der Waals surface area contributed by atoms with Crippen LogP contribution in [0.4, 0.5) is 0 Å². The highest BCUT2D eigenvalue weighted by molar-refractivity contribution is 6.04. The van der Waals surface area contributed by atoms with Gasteiger partial charge in [-0.3, -0.25) is 4.57 Å². The molecule has 27 heavy (non-hydrogen) atoms. The van der Waals surface area contributed by atoms with Gasteiger partial charge in [-0.1, -0.05) is 36.4 Å². The van der Waals surface area contributed by atoms with Crippen LogP contribution in [0.1, 0.15) is 11.1 Å². The summed E-state index contributed by atoms with van der Waals surface area (Å²) in [5.41, 5.74) is 4.34. The second kappa shape index (κ2) is 5.99. The molecule has 134 valence electrons.